The second-order valence-electron chi connectivity index (χ2n) is 9.82. The second kappa shape index (κ2) is 9.89. The molecular weight excluding hydrogens is 476 g/mol. The van der Waals surface area contributed by atoms with E-state index in [9.17, 15) is 9.59 Å². The van der Waals surface area contributed by atoms with Crippen LogP contribution in [0.25, 0.3) is 0 Å². The molecule has 4 aromatic carbocycles. The van der Waals surface area contributed by atoms with Crippen molar-refractivity contribution in [3.05, 3.63) is 107 Å². The first kappa shape index (κ1) is 24.1. The molecule has 0 aromatic heterocycles. The molecule has 6 heteroatoms. The number of fused-ring (bicyclic) bond motifs is 4. The number of quaternary nitrogens is 2. The summed E-state index contributed by atoms with van der Waals surface area (Å²) in [6, 6.07) is 27.0. The summed E-state index contributed by atoms with van der Waals surface area (Å²) in [4.78, 5) is 28.3. The van der Waals surface area contributed by atoms with E-state index in [2.05, 4.69) is 14.1 Å². The maximum atomic E-state index is 13.0. The first-order valence-electron chi connectivity index (χ1n) is 13.0. The topological polar surface area (TPSA) is 61.5 Å². The highest BCUT2D eigenvalue weighted by Crippen LogP contribution is 2.31. The molecule has 2 unspecified atom stereocenters. The van der Waals surface area contributed by atoms with Gasteiger partial charge in [0.15, 0.2) is 0 Å². The Bertz CT molecular complexity index is 1440. The average molecular weight is 507 g/mol. The minimum absolute atomic E-state index is 0.0415. The highest BCUT2D eigenvalue weighted by atomic mass is 16.5. The van der Waals surface area contributed by atoms with E-state index in [1.54, 1.807) is 0 Å². The summed E-state index contributed by atoms with van der Waals surface area (Å²) in [5.74, 6) is 1.48. The van der Waals surface area contributed by atoms with Crippen molar-refractivity contribution >= 4 is 34.3 Å². The Balaban J connectivity index is 1.02. The zero-order valence-corrected chi connectivity index (χ0v) is 21.5. The third-order valence-electron chi connectivity index (χ3n) is 7.51. The smallest absolute Gasteiger partial charge is 0.205 e. The van der Waals surface area contributed by atoms with Crippen molar-refractivity contribution in [3.8, 4) is 11.5 Å². The molecule has 190 valence electrons. The number of hydrogen-bond donors (Lipinski definition) is 2. The minimum Gasteiger partial charge on any atom is -0.494 e. The fourth-order valence-corrected chi connectivity index (χ4v) is 5.44. The van der Waals surface area contributed by atoms with Crippen LogP contribution in [0.3, 0.4) is 0 Å². The molecule has 2 aliphatic rings. The van der Waals surface area contributed by atoms with Crippen molar-refractivity contribution in [2.24, 2.45) is 0 Å². The number of rotatable bonds is 7. The van der Waals surface area contributed by atoms with Gasteiger partial charge in [-0.2, -0.15) is 0 Å². The van der Waals surface area contributed by atoms with E-state index < -0.39 is 0 Å². The monoisotopic (exact) mass is 506 g/mol. The van der Waals surface area contributed by atoms with Gasteiger partial charge < -0.3 is 9.47 Å². The number of para-hydroxylation sites is 2. The third kappa shape index (κ3) is 4.18. The number of benzene rings is 4. The van der Waals surface area contributed by atoms with Gasteiger partial charge in [-0.25, -0.2) is 0 Å². The zero-order chi connectivity index (χ0) is 26.2. The lowest BCUT2D eigenvalue weighted by Crippen LogP contribution is -2.99. The molecule has 2 aliphatic heterocycles. The largest absolute Gasteiger partial charge is 0.494 e. The molecule has 0 amide bonds. The van der Waals surface area contributed by atoms with E-state index in [1.807, 2.05) is 84.9 Å². The molecule has 0 radical (unpaired) electrons. The lowest BCUT2D eigenvalue weighted by atomic mass is 9.94. The van der Waals surface area contributed by atoms with Crippen molar-refractivity contribution < 1.29 is 28.9 Å². The predicted octanol–water partition coefficient (Wildman–Crippen LogP) is 3.97. The Labute approximate surface area is 222 Å². The van der Waals surface area contributed by atoms with Crippen LogP contribution in [0, 0.1) is 0 Å². The van der Waals surface area contributed by atoms with E-state index in [4.69, 9.17) is 9.47 Å². The summed E-state index contributed by atoms with van der Waals surface area (Å²) < 4.78 is 11.9. The number of ketones is 2. The van der Waals surface area contributed by atoms with Gasteiger partial charge in [-0.15, -0.1) is 0 Å². The lowest BCUT2D eigenvalue weighted by molar-refractivity contribution is -0.736. The molecule has 0 saturated carbocycles. The standard InChI is InChI=1S/C32H28N2O4/c1-33-27-11-5-3-9-23(27)31(35)25-19-21(13-15-29(25)33)37-17-7-8-18-38-22-14-16-30-26(20-22)32(36)24-10-4-6-12-28(24)34(30)2/h3-6,9-16,19-20H,7-8,17-18H2,1-2H3/p+2. The number of nitrogens with one attached hydrogen (secondary N) is 2. The second-order valence-corrected chi connectivity index (χ2v) is 9.82. The number of carbonyl (C=O) groups excluding carboxylic acids is 2. The van der Waals surface area contributed by atoms with Crippen molar-refractivity contribution in [2.75, 3.05) is 27.3 Å². The Kier molecular flexibility index (Phi) is 6.27. The predicted molar refractivity (Wildman–Crippen MR) is 145 cm³/mol. The molecule has 0 aliphatic carbocycles. The molecule has 0 fully saturated rings. The fraction of sp³-hybridized carbons (Fsp3) is 0.188. The van der Waals surface area contributed by atoms with Crippen LogP contribution in [0.2, 0.25) is 0 Å². The Morgan fingerprint density at radius 1 is 0.526 bits per heavy atom. The molecule has 38 heavy (non-hydrogen) atoms. The first-order chi connectivity index (χ1) is 18.5. The van der Waals surface area contributed by atoms with Crippen molar-refractivity contribution in [2.45, 2.75) is 12.8 Å². The summed E-state index contributed by atoms with van der Waals surface area (Å²) in [7, 11) is 4.11. The molecule has 2 atom stereocenters. The van der Waals surface area contributed by atoms with E-state index in [1.165, 1.54) is 0 Å². The molecule has 0 bridgehead atoms. The van der Waals surface area contributed by atoms with Gasteiger partial charge in [0.2, 0.25) is 11.6 Å². The maximum absolute atomic E-state index is 13.0. The lowest BCUT2D eigenvalue weighted by Gasteiger charge is -2.23. The number of unbranched alkanes of at least 4 members (excludes halogenated alkanes) is 1. The molecule has 6 rings (SSSR count). The summed E-state index contributed by atoms with van der Waals surface area (Å²) in [6.07, 6.45) is 1.62. The highest BCUT2D eigenvalue weighted by Gasteiger charge is 2.32. The van der Waals surface area contributed by atoms with Gasteiger partial charge in [0.1, 0.15) is 34.2 Å². The molecule has 2 heterocycles. The molecule has 0 spiro atoms. The Hall–Kier alpha value is -4.26. The zero-order valence-electron chi connectivity index (χ0n) is 21.5. The fourth-order valence-electron chi connectivity index (χ4n) is 5.44. The van der Waals surface area contributed by atoms with Gasteiger partial charge in [-0.3, -0.25) is 19.4 Å². The molecule has 0 saturated heterocycles. The molecule has 4 aromatic rings. The van der Waals surface area contributed by atoms with Crippen LogP contribution in [-0.2, 0) is 0 Å². The number of hydrogen-bond acceptors (Lipinski definition) is 4. The van der Waals surface area contributed by atoms with Gasteiger partial charge >= 0.3 is 0 Å². The van der Waals surface area contributed by atoms with Crippen LogP contribution in [0.5, 0.6) is 11.5 Å². The Morgan fingerprint density at radius 3 is 1.37 bits per heavy atom. The molecule has 2 N–H and O–H groups in total. The van der Waals surface area contributed by atoms with Crippen LogP contribution in [0.15, 0.2) is 84.9 Å². The van der Waals surface area contributed by atoms with Gasteiger partial charge in [-0.05, 0) is 49.2 Å². The van der Waals surface area contributed by atoms with E-state index in [0.717, 1.165) is 56.5 Å². The summed E-state index contributed by atoms with van der Waals surface area (Å²) in [5.41, 5.74) is 6.81. The van der Waals surface area contributed by atoms with E-state index in [-0.39, 0.29) is 11.6 Å². The van der Waals surface area contributed by atoms with Crippen LogP contribution < -0.4 is 19.3 Å². The highest BCUT2D eigenvalue weighted by molar-refractivity contribution is 6.16. The summed E-state index contributed by atoms with van der Waals surface area (Å²) in [6.45, 7) is 1.06. The maximum Gasteiger partial charge on any atom is 0.205 e. The number of carbonyl (C=O) groups is 2. The minimum atomic E-state index is 0.0415. The van der Waals surface area contributed by atoms with Crippen LogP contribution in [-0.4, -0.2) is 38.9 Å². The summed E-state index contributed by atoms with van der Waals surface area (Å²) in [5, 5.41) is 0. The van der Waals surface area contributed by atoms with Crippen molar-refractivity contribution in [1.82, 2.24) is 0 Å². The van der Waals surface area contributed by atoms with Crippen molar-refractivity contribution in [1.29, 1.82) is 0 Å². The van der Waals surface area contributed by atoms with Crippen LogP contribution in [0.1, 0.15) is 44.7 Å². The first-order valence-corrected chi connectivity index (χ1v) is 13.0. The van der Waals surface area contributed by atoms with Gasteiger partial charge in [0.05, 0.1) is 49.6 Å². The van der Waals surface area contributed by atoms with Gasteiger partial charge in [0.25, 0.3) is 0 Å². The normalized spacial score (nSPS) is 17.2. The average Bonchev–Trinajstić information content (AvgIpc) is 2.96. The third-order valence-corrected chi connectivity index (χ3v) is 7.51. The number of ether oxygens (including phenoxy) is 2. The van der Waals surface area contributed by atoms with Gasteiger partial charge in [0, 0.05) is 24.3 Å². The Morgan fingerprint density at radius 2 is 0.921 bits per heavy atom. The van der Waals surface area contributed by atoms with Crippen molar-refractivity contribution in [3.63, 3.8) is 0 Å². The van der Waals surface area contributed by atoms with E-state index in [0.29, 0.717) is 35.8 Å². The molecule has 6 nitrogen and oxygen atoms in total. The quantitative estimate of drug-likeness (QED) is 0.373. The van der Waals surface area contributed by atoms with Gasteiger partial charge in [-0.1, -0.05) is 24.3 Å². The van der Waals surface area contributed by atoms with Crippen LogP contribution in [0.4, 0.5) is 22.7 Å². The molecular formula is C32H30N2O4+2. The van der Waals surface area contributed by atoms with Crippen LogP contribution >= 0.6 is 0 Å². The SMILES string of the molecule is C[NH+]1c2ccccc2C(=O)c2cc(OCCCCOc3ccc4c(c3)C(=O)c3ccccc3[NH+]4C)ccc21. The summed E-state index contributed by atoms with van der Waals surface area (Å²) >= 11 is 0. The van der Waals surface area contributed by atoms with E-state index >= 15 is 0 Å².